The molecule has 1 heterocycles. The van der Waals surface area contributed by atoms with Crippen molar-refractivity contribution in [3.63, 3.8) is 0 Å². The van der Waals surface area contributed by atoms with Gasteiger partial charge < -0.3 is 5.73 Å². The number of nitrogens with zero attached hydrogens (tertiary/aromatic N) is 1. The van der Waals surface area contributed by atoms with E-state index in [1.165, 1.54) is 12.8 Å². The first-order valence-electron chi connectivity index (χ1n) is 5.32. The maximum atomic E-state index is 6.43. The number of hydrogen-bond donors (Lipinski definition) is 1. The van der Waals surface area contributed by atoms with Crippen LogP contribution < -0.4 is 5.73 Å². The topological polar surface area (TPSA) is 38.9 Å². The molecule has 0 radical (unpaired) electrons. The summed E-state index contributed by atoms with van der Waals surface area (Å²) in [6.07, 6.45) is 4.77. The second-order valence-corrected chi connectivity index (χ2v) is 5.51. The number of aryl methyl sites for hydroxylation is 1. The lowest BCUT2D eigenvalue weighted by Crippen LogP contribution is -2.40. The van der Waals surface area contributed by atoms with E-state index >= 15 is 0 Å². The van der Waals surface area contributed by atoms with Crippen LogP contribution >= 0.6 is 11.3 Å². The molecule has 2 unspecified atom stereocenters. The Kier molecular flexibility index (Phi) is 2.62. The molecule has 1 fully saturated rings. The van der Waals surface area contributed by atoms with E-state index in [-0.39, 0.29) is 5.54 Å². The van der Waals surface area contributed by atoms with Crippen molar-refractivity contribution in [1.29, 1.82) is 0 Å². The second-order valence-electron chi connectivity index (χ2n) is 4.65. The lowest BCUT2D eigenvalue weighted by Gasteiger charge is -2.35. The third-order valence-corrected chi connectivity index (χ3v) is 4.26. The van der Waals surface area contributed by atoms with E-state index in [4.69, 9.17) is 5.73 Å². The molecule has 2 nitrogen and oxygen atoms in total. The Bertz CT molecular complexity index is 321. The molecular formula is C11H18N2S. The summed E-state index contributed by atoms with van der Waals surface area (Å²) in [4.78, 5) is 4.53. The largest absolute Gasteiger partial charge is 0.319 e. The quantitative estimate of drug-likeness (QED) is 0.774. The first kappa shape index (κ1) is 10.1. The van der Waals surface area contributed by atoms with Crippen molar-refractivity contribution >= 4 is 11.3 Å². The van der Waals surface area contributed by atoms with Crippen LogP contribution in [0, 0.1) is 12.8 Å². The minimum Gasteiger partial charge on any atom is -0.319 e. The molecule has 0 amide bonds. The van der Waals surface area contributed by atoms with Crippen molar-refractivity contribution in [3.8, 4) is 0 Å². The monoisotopic (exact) mass is 210 g/mol. The highest BCUT2D eigenvalue weighted by Gasteiger charge is 2.34. The van der Waals surface area contributed by atoms with Crippen molar-refractivity contribution in [2.75, 3.05) is 0 Å². The molecule has 0 saturated heterocycles. The number of thiazole rings is 1. The molecule has 1 aliphatic carbocycles. The third-order valence-electron chi connectivity index (χ3n) is 3.08. The predicted octanol–water partition coefficient (Wildman–Crippen LogP) is 2.82. The molecule has 2 atom stereocenters. The van der Waals surface area contributed by atoms with Gasteiger partial charge in [-0.2, -0.15) is 0 Å². The van der Waals surface area contributed by atoms with Crippen LogP contribution in [0.25, 0.3) is 0 Å². The Morgan fingerprint density at radius 1 is 1.64 bits per heavy atom. The van der Waals surface area contributed by atoms with E-state index in [1.54, 1.807) is 11.3 Å². The average Bonchev–Trinajstić information content (AvgIpc) is 2.52. The number of aromatic nitrogens is 1. The lowest BCUT2D eigenvalue weighted by molar-refractivity contribution is 0.238. The number of hydrogen-bond acceptors (Lipinski definition) is 3. The van der Waals surface area contributed by atoms with Gasteiger partial charge in [0, 0.05) is 11.1 Å². The maximum absolute atomic E-state index is 6.43. The van der Waals surface area contributed by atoms with Crippen molar-refractivity contribution in [2.45, 2.75) is 45.1 Å². The zero-order valence-corrected chi connectivity index (χ0v) is 9.73. The summed E-state index contributed by atoms with van der Waals surface area (Å²) in [6.45, 7) is 4.33. The van der Waals surface area contributed by atoms with Crippen molar-refractivity contribution in [1.82, 2.24) is 4.98 Å². The van der Waals surface area contributed by atoms with Crippen molar-refractivity contribution in [2.24, 2.45) is 11.7 Å². The second kappa shape index (κ2) is 3.63. The van der Waals surface area contributed by atoms with Gasteiger partial charge in [-0.15, -0.1) is 11.3 Å². The first-order valence-corrected chi connectivity index (χ1v) is 6.19. The fourth-order valence-corrected chi connectivity index (χ4v) is 3.32. The van der Waals surface area contributed by atoms with Gasteiger partial charge in [-0.25, -0.2) is 4.98 Å². The van der Waals surface area contributed by atoms with E-state index in [0.29, 0.717) is 0 Å². The highest BCUT2D eigenvalue weighted by molar-refractivity contribution is 7.09. The molecule has 1 aliphatic rings. The molecule has 1 aromatic heterocycles. The highest BCUT2D eigenvalue weighted by atomic mass is 32.1. The minimum absolute atomic E-state index is 0.128. The smallest absolute Gasteiger partial charge is 0.113 e. The van der Waals surface area contributed by atoms with Gasteiger partial charge in [0.2, 0.25) is 0 Å². The van der Waals surface area contributed by atoms with Crippen molar-refractivity contribution in [3.05, 3.63) is 16.1 Å². The van der Waals surface area contributed by atoms with Gasteiger partial charge in [0.25, 0.3) is 0 Å². The summed E-state index contributed by atoms with van der Waals surface area (Å²) in [5.74, 6) is 0.748. The number of rotatable bonds is 1. The van der Waals surface area contributed by atoms with Crippen LogP contribution in [0.15, 0.2) is 5.38 Å². The van der Waals surface area contributed by atoms with E-state index in [2.05, 4.69) is 17.3 Å². The fourth-order valence-electron chi connectivity index (χ4n) is 2.37. The highest BCUT2D eigenvalue weighted by Crippen LogP contribution is 2.38. The van der Waals surface area contributed by atoms with Gasteiger partial charge in [0.05, 0.1) is 5.54 Å². The summed E-state index contributed by atoms with van der Waals surface area (Å²) in [6, 6.07) is 0. The van der Waals surface area contributed by atoms with Crippen LogP contribution in [0.5, 0.6) is 0 Å². The normalized spacial score (nSPS) is 33.2. The summed E-state index contributed by atoms with van der Waals surface area (Å²) < 4.78 is 0. The van der Waals surface area contributed by atoms with Crippen LogP contribution in [0.4, 0.5) is 0 Å². The Morgan fingerprint density at radius 3 is 3.00 bits per heavy atom. The molecular weight excluding hydrogens is 192 g/mol. The summed E-state index contributed by atoms with van der Waals surface area (Å²) in [7, 11) is 0. The van der Waals surface area contributed by atoms with Gasteiger partial charge in [-0.3, -0.25) is 0 Å². The molecule has 14 heavy (non-hydrogen) atoms. The van der Waals surface area contributed by atoms with Crippen LogP contribution in [-0.4, -0.2) is 4.98 Å². The van der Waals surface area contributed by atoms with Gasteiger partial charge in [-0.05, 0) is 25.7 Å². The Morgan fingerprint density at radius 2 is 2.43 bits per heavy atom. The number of nitrogens with two attached hydrogens (primary N) is 1. The fraction of sp³-hybridized carbons (Fsp3) is 0.727. The van der Waals surface area contributed by atoms with Gasteiger partial charge in [0.15, 0.2) is 0 Å². The molecule has 0 spiro atoms. The van der Waals surface area contributed by atoms with E-state index in [1.807, 2.05) is 6.92 Å². The van der Waals surface area contributed by atoms with Gasteiger partial charge in [-0.1, -0.05) is 19.8 Å². The molecule has 3 heteroatoms. The molecule has 0 bridgehead atoms. The zero-order chi connectivity index (χ0) is 10.2. The molecule has 0 aromatic carbocycles. The third kappa shape index (κ3) is 1.84. The Hall–Kier alpha value is -0.410. The molecule has 1 aromatic rings. The lowest BCUT2D eigenvalue weighted by atomic mass is 9.77. The van der Waals surface area contributed by atoms with Crippen molar-refractivity contribution < 1.29 is 0 Å². The van der Waals surface area contributed by atoms with Crippen LogP contribution in [0.1, 0.15) is 43.3 Å². The van der Waals surface area contributed by atoms with Gasteiger partial charge in [0.1, 0.15) is 5.01 Å². The average molecular weight is 210 g/mol. The van der Waals surface area contributed by atoms with E-state index in [0.717, 1.165) is 29.5 Å². The molecule has 2 rings (SSSR count). The van der Waals surface area contributed by atoms with Crippen LogP contribution in [0.2, 0.25) is 0 Å². The van der Waals surface area contributed by atoms with Crippen LogP contribution in [0.3, 0.4) is 0 Å². The molecule has 0 aliphatic heterocycles. The Balaban J connectivity index is 2.22. The zero-order valence-electron chi connectivity index (χ0n) is 8.92. The SMILES string of the molecule is Cc1csc(C2(N)CCCC(C)C2)n1. The van der Waals surface area contributed by atoms with Gasteiger partial charge >= 0.3 is 0 Å². The molecule has 78 valence electrons. The Labute approximate surface area is 89.5 Å². The first-order chi connectivity index (χ1) is 6.60. The summed E-state index contributed by atoms with van der Waals surface area (Å²) >= 11 is 1.72. The standard InChI is InChI=1S/C11H18N2S/c1-8-4-3-5-11(12,6-8)10-13-9(2)7-14-10/h7-8H,3-6,12H2,1-2H3. The summed E-state index contributed by atoms with van der Waals surface area (Å²) in [5, 5.41) is 3.24. The van der Waals surface area contributed by atoms with E-state index in [9.17, 15) is 0 Å². The molecule has 2 N–H and O–H groups in total. The molecule has 1 saturated carbocycles. The predicted molar refractivity (Wildman–Crippen MR) is 60.3 cm³/mol. The van der Waals surface area contributed by atoms with E-state index < -0.39 is 0 Å². The summed E-state index contributed by atoms with van der Waals surface area (Å²) in [5.41, 5.74) is 7.41. The maximum Gasteiger partial charge on any atom is 0.113 e. The minimum atomic E-state index is -0.128. The van der Waals surface area contributed by atoms with Crippen LogP contribution in [-0.2, 0) is 5.54 Å².